The van der Waals surface area contributed by atoms with Crippen LogP contribution in [0.5, 0.6) is 0 Å². The van der Waals surface area contributed by atoms with Crippen LogP contribution >= 0.6 is 0 Å². The van der Waals surface area contributed by atoms with Crippen LogP contribution in [-0.2, 0) is 16.1 Å². The van der Waals surface area contributed by atoms with Gasteiger partial charge in [-0.05, 0) is 30.0 Å². The van der Waals surface area contributed by atoms with Gasteiger partial charge in [-0.15, -0.1) is 0 Å². The second kappa shape index (κ2) is 7.35. The summed E-state index contributed by atoms with van der Waals surface area (Å²) in [6, 6.07) is 2.78. The molecule has 2 amide bonds. The van der Waals surface area contributed by atoms with Crippen LogP contribution in [0.1, 0.15) is 25.8 Å². The molecular formula is C13H19N3O3. The first-order valence-electron chi connectivity index (χ1n) is 6.10. The molecule has 0 aromatic carbocycles. The number of rotatable bonds is 6. The summed E-state index contributed by atoms with van der Waals surface area (Å²) in [7, 11) is 0. The minimum absolute atomic E-state index is 0.127. The fourth-order valence-electron chi connectivity index (χ4n) is 1.53. The van der Waals surface area contributed by atoms with Crippen LogP contribution < -0.4 is 11.1 Å². The Morgan fingerprint density at radius 2 is 2.00 bits per heavy atom. The first-order chi connectivity index (χ1) is 8.99. The van der Waals surface area contributed by atoms with Crippen molar-refractivity contribution in [1.29, 1.82) is 0 Å². The molecule has 6 nitrogen and oxygen atoms in total. The topological polar surface area (TPSA) is 94.3 Å². The minimum Gasteiger partial charge on any atom is -0.445 e. The molecule has 1 aromatic rings. The first-order valence-corrected chi connectivity index (χ1v) is 6.10. The number of primary amides is 1. The quantitative estimate of drug-likeness (QED) is 0.808. The zero-order chi connectivity index (χ0) is 14.3. The molecule has 1 unspecified atom stereocenters. The van der Waals surface area contributed by atoms with Gasteiger partial charge in [0, 0.05) is 12.4 Å². The van der Waals surface area contributed by atoms with Crippen LogP contribution in [0.2, 0.25) is 0 Å². The number of carbonyl (C=O) groups is 2. The van der Waals surface area contributed by atoms with Crippen LogP contribution in [0.3, 0.4) is 0 Å². The van der Waals surface area contributed by atoms with Crippen LogP contribution in [0.25, 0.3) is 0 Å². The van der Waals surface area contributed by atoms with E-state index < -0.39 is 18.0 Å². The average Bonchev–Trinajstić information content (AvgIpc) is 2.36. The third kappa shape index (κ3) is 5.85. The van der Waals surface area contributed by atoms with E-state index in [0.29, 0.717) is 6.42 Å². The number of amides is 2. The fourth-order valence-corrected chi connectivity index (χ4v) is 1.53. The van der Waals surface area contributed by atoms with Crippen molar-refractivity contribution < 1.29 is 14.3 Å². The number of ether oxygens (including phenoxy) is 1. The lowest BCUT2D eigenvalue weighted by Gasteiger charge is -2.17. The van der Waals surface area contributed by atoms with E-state index in [-0.39, 0.29) is 12.5 Å². The number of hydrogen-bond donors (Lipinski definition) is 2. The highest BCUT2D eigenvalue weighted by molar-refractivity contribution is 5.84. The summed E-state index contributed by atoms with van der Waals surface area (Å²) in [6.07, 6.45) is 3.06. The number of aromatic nitrogens is 1. The Hall–Kier alpha value is -2.11. The lowest BCUT2D eigenvalue weighted by atomic mass is 10.0. The Labute approximate surface area is 112 Å². The van der Waals surface area contributed by atoms with E-state index >= 15 is 0 Å². The standard InChI is InChI=1S/C13H19N3O3/c1-9(2)7-11(12(14)17)16-13(18)19-8-10-3-5-15-6-4-10/h3-6,9,11H,7-8H2,1-2H3,(H2,14,17)(H,16,18). The molecule has 1 aromatic heterocycles. The van der Waals surface area contributed by atoms with Crippen molar-refractivity contribution >= 4 is 12.0 Å². The summed E-state index contributed by atoms with van der Waals surface area (Å²) in [4.78, 5) is 26.6. The summed E-state index contributed by atoms with van der Waals surface area (Å²) in [6.45, 7) is 4.02. The number of nitrogens with one attached hydrogen (secondary N) is 1. The molecule has 19 heavy (non-hydrogen) atoms. The lowest BCUT2D eigenvalue weighted by molar-refractivity contribution is -0.120. The molecule has 1 heterocycles. The number of pyridine rings is 1. The monoisotopic (exact) mass is 265 g/mol. The highest BCUT2D eigenvalue weighted by Gasteiger charge is 2.19. The van der Waals surface area contributed by atoms with E-state index in [0.717, 1.165) is 5.56 Å². The van der Waals surface area contributed by atoms with E-state index in [4.69, 9.17) is 10.5 Å². The van der Waals surface area contributed by atoms with Crippen LogP contribution in [0, 0.1) is 5.92 Å². The Kier molecular flexibility index (Phi) is 5.78. The number of carbonyl (C=O) groups excluding carboxylic acids is 2. The lowest BCUT2D eigenvalue weighted by Crippen LogP contribution is -2.45. The first kappa shape index (κ1) is 14.9. The smallest absolute Gasteiger partial charge is 0.408 e. The summed E-state index contributed by atoms with van der Waals surface area (Å²) in [5.74, 6) is -0.312. The number of hydrogen-bond acceptors (Lipinski definition) is 4. The van der Waals surface area contributed by atoms with Gasteiger partial charge < -0.3 is 15.8 Å². The van der Waals surface area contributed by atoms with E-state index in [1.807, 2.05) is 13.8 Å². The molecule has 3 N–H and O–H groups in total. The molecule has 0 spiro atoms. The molecule has 6 heteroatoms. The van der Waals surface area contributed by atoms with E-state index in [1.165, 1.54) is 0 Å². The van der Waals surface area contributed by atoms with Crippen molar-refractivity contribution in [3.05, 3.63) is 30.1 Å². The van der Waals surface area contributed by atoms with Gasteiger partial charge in [-0.3, -0.25) is 9.78 Å². The SMILES string of the molecule is CC(C)CC(NC(=O)OCc1ccncc1)C(N)=O. The third-order valence-electron chi connectivity index (χ3n) is 2.46. The summed E-state index contributed by atoms with van der Waals surface area (Å²) < 4.78 is 5.00. The van der Waals surface area contributed by atoms with Crippen molar-refractivity contribution in [2.45, 2.75) is 32.9 Å². The van der Waals surface area contributed by atoms with Crippen LogP contribution in [0.4, 0.5) is 4.79 Å². The molecule has 104 valence electrons. The number of nitrogens with zero attached hydrogens (tertiary/aromatic N) is 1. The summed E-state index contributed by atoms with van der Waals surface area (Å²) >= 11 is 0. The van der Waals surface area contributed by atoms with Crippen LogP contribution in [0.15, 0.2) is 24.5 Å². The zero-order valence-electron chi connectivity index (χ0n) is 11.1. The van der Waals surface area contributed by atoms with E-state index in [2.05, 4.69) is 10.3 Å². The minimum atomic E-state index is -0.704. The van der Waals surface area contributed by atoms with E-state index in [9.17, 15) is 9.59 Å². The van der Waals surface area contributed by atoms with Crippen LogP contribution in [-0.4, -0.2) is 23.0 Å². The van der Waals surface area contributed by atoms with Gasteiger partial charge in [0.15, 0.2) is 0 Å². The van der Waals surface area contributed by atoms with Gasteiger partial charge in [-0.25, -0.2) is 4.79 Å². The zero-order valence-corrected chi connectivity index (χ0v) is 11.1. The van der Waals surface area contributed by atoms with Gasteiger partial charge in [0.05, 0.1) is 0 Å². The maximum Gasteiger partial charge on any atom is 0.408 e. The largest absolute Gasteiger partial charge is 0.445 e. The average molecular weight is 265 g/mol. The summed E-state index contributed by atoms with van der Waals surface area (Å²) in [5, 5.41) is 2.47. The molecule has 1 rings (SSSR count). The number of alkyl carbamates (subject to hydrolysis) is 1. The second-order valence-corrected chi connectivity index (χ2v) is 4.66. The molecule has 0 aliphatic carbocycles. The normalized spacial score (nSPS) is 11.9. The molecule has 0 bridgehead atoms. The maximum absolute atomic E-state index is 11.6. The molecule has 0 aliphatic heterocycles. The molecule has 0 saturated carbocycles. The fraction of sp³-hybridized carbons (Fsp3) is 0.462. The maximum atomic E-state index is 11.6. The molecule has 0 fully saturated rings. The molecule has 1 atom stereocenters. The highest BCUT2D eigenvalue weighted by Crippen LogP contribution is 2.05. The van der Waals surface area contributed by atoms with Gasteiger partial charge in [-0.1, -0.05) is 13.8 Å². The predicted molar refractivity (Wildman–Crippen MR) is 70.0 cm³/mol. The third-order valence-corrected chi connectivity index (χ3v) is 2.46. The molecule has 0 saturated heterocycles. The van der Waals surface area contributed by atoms with Gasteiger partial charge in [0.25, 0.3) is 0 Å². The Morgan fingerprint density at radius 3 is 2.53 bits per heavy atom. The molecule has 0 aliphatic rings. The molecule has 0 radical (unpaired) electrons. The van der Waals surface area contributed by atoms with Gasteiger partial charge in [0.2, 0.25) is 5.91 Å². The highest BCUT2D eigenvalue weighted by atomic mass is 16.5. The summed E-state index contributed by atoms with van der Waals surface area (Å²) in [5.41, 5.74) is 6.05. The van der Waals surface area contributed by atoms with Gasteiger partial charge in [-0.2, -0.15) is 0 Å². The molecular weight excluding hydrogens is 246 g/mol. The Morgan fingerprint density at radius 1 is 1.37 bits per heavy atom. The van der Waals surface area contributed by atoms with Crippen molar-refractivity contribution in [2.24, 2.45) is 11.7 Å². The predicted octanol–water partition coefficient (Wildman–Crippen LogP) is 1.21. The van der Waals surface area contributed by atoms with Crippen molar-refractivity contribution in [3.63, 3.8) is 0 Å². The van der Waals surface area contributed by atoms with Crippen molar-refractivity contribution in [3.8, 4) is 0 Å². The Bertz CT molecular complexity index is 420. The van der Waals surface area contributed by atoms with Gasteiger partial charge in [0.1, 0.15) is 12.6 Å². The van der Waals surface area contributed by atoms with Crippen molar-refractivity contribution in [1.82, 2.24) is 10.3 Å². The van der Waals surface area contributed by atoms with E-state index in [1.54, 1.807) is 24.5 Å². The number of nitrogens with two attached hydrogens (primary N) is 1. The van der Waals surface area contributed by atoms with Crippen molar-refractivity contribution in [2.75, 3.05) is 0 Å². The Balaban J connectivity index is 2.42. The van der Waals surface area contributed by atoms with Gasteiger partial charge >= 0.3 is 6.09 Å². The second-order valence-electron chi connectivity index (χ2n) is 4.66.